The predicted molar refractivity (Wildman–Crippen MR) is 53.9 cm³/mol. The van der Waals surface area contributed by atoms with Crippen molar-refractivity contribution in [1.29, 1.82) is 0 Å². The van der Waals surface area contributed by atoms with Crippen molar-refractivity contribution in [3.8, 4) is 5.75 Å². The zero-order valence-corrected chi connectivity index (χ0v) is 8.84. The number of rotatable bonds is 4. The van der Waals surface area contributed by atoms with Crippen LogP contribution in [0.1, 0.15) is 12.0 Å². The van der Waals surface area contributed by atoms with Gasteiger partial charge >= 0.3 is 5.97 Å². The van der Waals surface area contributed by atoms with Gasteiger partial charge < -0.3 is 9.84 Å². The van der Waals surface area contributed by atoms with Crippen molar-refractivity contribution in [2.45, 2.75) is 12.8 Å². The van der Waals surface area contributed by atoms with Crippen LogP contribution in [0.25, 0.3) is 0 Å². The molecule has 1 N–H and O–H groups in total. The van der Waals surface area contributed by atoms with Gasteiger partial charge in [-0.3, -0.25) is 4.79 Å². The summed E-state index contributed by atoms with van der Waals surface area (Å²) < 4.78 is 18.3. The third kappa shape index (κ3) is 3.09. The first kappa shape index (κ1) is 11.8. The standard InChI is InChI=1S/C10H10ClFO3/c1-15-7-4-6(2-3-9(13)14)10(12)8(11)5-7/h4-5H,2-3H2,1H3,(H,13,14). The van der Waals surface area contributed by atoms with Crippen LogP contribution in [0.5, 0.6) is 5.75 Å². The van der Waals surface area contributed by atoms with Gasteiger partial charge in [0.2, 0.25) is 0 Å². The number of carbonyl (C=O) groups is 1. The summed E-state index contributed by atoms with van der Waals surface area (Å²) in [5, 5.41) is 8.41. The molecule has 0 aliphatic rings. The lowest BCUT2D eigenvalue weighted by Crippen LogP contribution is -2.00. The van der Waals surface area contributed by atoms with Crippen LogP contribution in [-0.4, -0.2) is 18.2 Å². The van der Waals surface area contributed by atoms with Gasteiger partial charge in [0.05, 0.1) is 12.1 Å². The van der Waals surface area contributed by atoms with Gasteiger partial charge in [-0.2, -0.15) is 0 Å². The van der Waals surface area contributed by atoms with E-state index >= 15 is 0 Å². The molecule has 0 saturated heterocycles. The van der Waals surface area contributed by atoms with Crippen LogP contribution in [0, 0.1) is 5.82 Å². The maximum Gasteiger partial charge on any atom is 0.303 e. The molecule has 0 bridgehead atoms. The van der Waals surface area contributed by atoms with Crippen molar-refractivity contribution in [1.82, 2.24) is 0 Å². The Morgan fingerprint density at radius 1 is 1.60 bits per heavy atom. The second kappa shape index (κ2) is 4.98. The third-order valence-electron chi connectivity index (χ3n) is 1.92. The zero-order valence-electron chi connectivity index (χ0n) is 8.09. The van der Waals surface area contributed by atoms with Crippen molar-refractivity contribution in [2.24, 2.45) is 0 Å². The Balaban J connectivity index is 2.94. The molecule has 82 valence electrons. The van der Waals surface area contributed by atoms with Crippen LogP contribution >= 0.6 is 11.6 Å². The first-order valence-corrected chi connectivity index (χ1v) is 4.66. The predicted octanol–water partition coefficient (Wildman–Crippen LogP) is 2.50. The highest BCUT2D eigenvalue weighted by atomic mass is 35.5. The van der Waals surface area contributed by atoms with E-state index in [1.165, 1.54) is 19.2 Å². The van der Waals surface area contributed by atoms with Crippen LogP contribution in [0.4, 0.5) is 4.39 Å². The number of hydrogen-bond donors (Lipinski definition) is 1. The molecule has 5 heteroatoms. The van der Waals surface area contributed by atoms with E-state index in [0.29, 0.717) is 5.75 Å². The molecule has 15 heavy (non-hydrogen) atoms. The fourth-order valence-corrected chi connectivity index (χ4v) is 1.39. The molecule has 1 aromatic carbocycles. The molecule has 0 radical (unpaired) electrons. The van der Waals surface area contributed by atoms with Gasteiger partial charge in [-0.1, -0.05) is 11.6 Å². The molecule has 0 amide bonds. The minimum Gasteiger partial charge on any atom is -0.497 e. The Morgan fingerprint density at radius 3 is 2.80 bits per heavy atom. The van der Waals surface area contributed by atoms with Crippen LogP contribution in [-0.2, 0) is 11.2 Å². The first-order chi connectivity index (χ1) is 7.04. The van der Waals surface area contributed by atoms with Crippen molar-refractivity contribution >= 4 is 17.6 Å². The number of methoxy groups -OCH3 is 1. The summed E-state index contributed by atoms with van der Waals surface area (Å²) in [6.07, 6.45) is -0.0432. The number of aliphatic carboxylic acids is 1. The van der Waals surface area contributed by atoms with E-state index < -0.39 is 11.8 Å². The molecule has 1 aromatic rings. The van der Waals surface area contributed by atoms with Gasteiger partial charge in [-0.15, -0.1) is 0 Å². The number of halogens is 2. The second-order valence-corrected chi connectivity index (χ2v) is 3.38. The number of aryl methyl sites for hydroxylation is 1. The van der Waals surface area contributed by atoms with Gasteiger partial charge in [-0.05, 0) is 18.1 Å². The minimum atomic E-state index is -0.978. The molecule has 1 rings (SSSR count). The summed E-state index contributed by atoms with van der Waals surface area (Å²) in [5.41, 5.74) is 0.252. The maximum absolute atomic E-state index is 13.4. The van der Waals surface area contributed by atoms with Crippen molar-refractivity contribution < 1.29 is 19.0 Å². The van der Waals surface area contributed by atoms with E-state index in [4.69, 9.17) is 21.4 Å². The largest absolute Gasteiger partial charge is 0.497 e. The number of benzene rings is 1. The van der Waals surface area contributed by atoms with Gasteiger partial charge in [0, 0.05) is 12.5 Å². The average molecular weight is 233 g/mol. The Bertz CT molecular complexity index is 379. The monoisotopic (exact) mass is 232 g/mol. The quantitative estimate of drug-likeness (QED) is 0.868. The number of carboxylic acids is 1. The molecule has 0 spiro atoms. The molecule has 0 saturated carbocycles. The number of carboxylic acid groups (broad SMARTS) is 1. The molecular formula is C10H10ClFO3. The van der Waals surface area contributed by atoms with E-state index in [-0.39, 0.29) is 23.4 Å². The number of hydrogen-bond acceptors (Lipinski definition) is 2. The number of ether oxygens (including phenoxy) is 1. The topological polar surface area (TPSA) is 46.5 Å². The summed E-state index contributed by atoms with van der Waals surface area (Å²) in [6, 6.07) is 2.80. The fraction of sp³-hybridized carbons (Fsp3) is 0.300. The van der Waals surface area contributed by atoms with E-state index in [9.17, 15) is 9.18 Å². The molecule has 3 nitrogen and oxygen atoms in total. The van der Waals surface area contributed by atoms with Crippen molar-refractivity contribution in [3.05, 3.63) is 28.5 Å². The normalized spacial score (nSPS) is 10.1. The zero-order chi connectivity index (χ0) is 11.4. The van der Waals surface area contributed by atoms with Crippen molar-refractivity contribution in [3.63, 3.8) is 0 Å². The maximum atomic E-state index is 13.4. The first-order valence-electron chi connectivity index (χ1n) is 4.28. The summed E-state index contributed by atoms with van der Waals surface area (Å²) in [6.45, 7) is 0. The average Bonchev–Trinajstić information content (AvgIpc) is 2.19. The summed E-state index contributed by atoms with van der Waals surface area (Å²) in [5.74, 6) is -1.14. The Hall–Kier alpha value is -1.29. The van der Waals surface area contributed by atoms with Gasteiger partial charge in [0.15, 0.2) is 0 Å². The van der Waals surface area contributed by atoms with E-state index in [1.807, 2.05) is 0 Å². The lowest BCUT2D eigenvalue weighted by Gasteiger charge is -2.06. The van der Waals surface area contributed by atoms with E-state index in [0.717, 1.165) is 0 Å². The van der Waals surface area contributed by atoms with Crippen LogP contribution in [0.15, 0.2) is 12.1 Å². The highest BCUT2D eigenvalue weighted by Gasteiger charge is 2.11. The Kier molecular flexibility index (Phi) is 3.91. The van der Waals surface area contributed by atoms with Crippen LogP contribution < -0.4 is 4.74 Å². The van der Waals surface area contributed by atoms with Crippen LogP contribution in [0.3, 0.4) is 0 Å². The van der Waals surface area contributed by atoms with Gasteiger partial charge in [0.25, 0.3) is 0 Å². The Labute approximate surface area is 91.4 Å². The highest BCUT2D eigenvalue weighted by molar-refractivity contribution is 6.30. The summed E-state index contributed by atoms with van der Waals surface area (Å²) in [4.78, 5) is 10.3. The van der Waals surface area contributed by atoms with Crippen LogP contribution in [0.2, 0.25) is 5.02 Å². The third-order valence-corrected chi connectivity index (χ3v) is 2.20. The Morgan fingerprint density at radius 2 is 2.27 bits per heavy atom. The molecule has 0 fully saturated rings. The lowest BCUT2D eigenvalue weighted by molar-refractivity contribution is -0.136. The van der Waals surface area contributed by atoms with E-state index in [1.54, 1.807) is 0 Å². The lowest BCUT2D eigenvalue weighted by atomic mass is 10.1. The molecule has 0 unspecified atom stereocenters. The van der Waals surface area contributed by atoms with Crippen molar-refractivity contribution in [2.75, 3.05) is 7.11 Å². The minimum absolute atomic E-state index is 0.0604. The van der Waals surface area contributed by atoms with Gasteiger partial charge in [-0.25, -0.2) is 4.39 Å². The molecule has 0 aromatic heterocycles. The summed E-state index contributed by atoms with van der Waals surface area (Å²) in [7, 11) is 1.44. The van der Waals surface area contributed by atoms with E-state index in [2.05, 4.69) is 0 Å². The second-order valence-electron chi connectivity index (χ2n) is 2.98. The molecule has 0 heterocycles. The fourth-order valence-electron chi connectivity index (χ4n) is 1.16. The summed E-state index contributed by atoms with van der Waals surface area (Å²) >= 11 is 5.61. The molecular weight excluding hydrogens is 223 g/mol. The SMILES string of the molecule is COc1cc(Cl)c(F)c(CCC(=O)O)c1. The highest BCUT2D eigenvalue weighted by Crippen LogP contribution is 2.26. The molecule has 0 aliphatic heterocycles. The molecule has 0 atom stereocenters. The van der Waals surface area contributed by atoms with Gasteiger partial charge in [0.1, 0.15) is 11.6 Å². The smallest absolute Gasteiger partial charge is 0.303 e. The molecule has 0 aliphatic carbocycles.